The molecule has 0 bridgehead atoms. The van der Waals surface area contributed by atoms with Gasteiger partial charge in [-0.2, -0.15) is 0 Å². The number of hydrogen-bond donors (Lipinski definition) is 1. The second-order valence-corrected chi connectivity index (χ2v) is 1.74. The summed E-state index contributed by atoms with van der Waals surface area (Å²) in [4.78, 5) is 9.80. The lowest BCUT2D eigenvalue weighted by Gasteiger charge is -2.03. The summed E-state index contributed by atoms with van der Waals surface area (Å²) >= 11 is 0. The average molecular weight is 100 g/mol. The van der Waals surface area contributed by atoms with Crippen molar-refractivity contribution in [2.24, 2.45) is 5.73 Å². The molecule has 1 atom stereocenters. The Morgan fingerprint density at radius 1 is 1.71 bits per heavy atom. The van der Waals surface area contributed by atoms with Crippen LogP contribution in [0.2, 0.25) is 0 Å². The Hall–Kier alpha value is -0.370. The van der Waals surface area contributed by atoms with Gasteiger partial charge in [-0.3, -0.25) is 0 Å². The zero-order chi connectivity index (χ0) is 5.86. The number of rotatable bonds is 2. The lowest BCUT2D eigenvalue weighted by Crippen LogP contribution is -2.25. The molecule has 0 saturated carbocycles. The molecule has 0 aliphatic rings. The van der Waals surface area contributed by atoms with Gasteiger partial charge in [-0.25, -0.2) is 0 Å². The van der Waals surface area contributed by atoms with Crippen LogP contribution < -0.4 is 5.73 Å². The van der Waals surface area contributed by atoms with Crippen LogP contribution in [0.3, 0.4) is 0 Å². The zero-order valence-electron chi connectivity index (χ0n) is 4.64. The average Bonchev–Trinajstić information content (AvgIpc) is 1.65. The van der Waals surface area contributed by atoms with Gasteiger partial charge in [0.25, 0.3) is 0 Å². The van der Waals surface area contributed by atoms with Gasteiger partial charge in [0.15, 0.2) is 0 Å². The maximum absolute atomic E-state index is 9.80. The van der Waals surface area contributed by atoms with E-state index in [1.165, 1.54) is 0 Å². The van der Waals surface area contributed by atoms with Crippen molar-refractivity contribution < 1.29 is 4.79 Å². The van der Waals surface area contributed by atoms with Gasteiger partial charge in [0.05, 0.1) is 6.04 Å². The Morgan fingerprint density at radius 3 is 2.14 bits per heavy atom. The molecule has 0 rings (SSSR count). The van der Waals surface area contributed by atoms with Crippen molar-refractivity contribution in [3.63, 3.8) is 0 Å². The van der Waals surface area contributed by atoms with E-state index in [0.717, 1.165) is 12.2 Å². The van der Waals surface area contributed by atoms with E-state index in [0.29, 0.717) is 0 Å². The molecule has 0 aliphatic carbocycles. The molecule has 0 fully saturated rings. The number of carbonyl (C=O) groups is 1. The summed E-state index contributed by atoms with van der Waals surface area (Å²) in [5.41, 5.74) is 5.21. The highest BCUT2D eigenvalue weighted by Crippen LogP contribution is 1.95. The van der Waals surface area contributed by atoms with Crippen LogP contribution in [0.25, 0.3) is 0 Å². The number of carbonyl (C=O) groups excluding carboxylic acids is 1. The van der Waals surface area contributed by atoms with E-state index < -0.39 is 0 Å². The molecule has 1 unspecified atom stereocenters. The van der Waals surface area contributed by atoms with Crippen LogP contribution >= 0.6 is 0 Å². The molecule has 41 valence electrons. The van der Waals surface area contributed by atoms with E-state index in [1.807, 2.05) is 13.8 Å². The van der Waals surface area contributed by atoms with Crippen LogP contribution in [0, 0.1) is 5.92 Å². The third kappa shape index (κ3) is 2.34. The van der Waals surface area contributed by atoms with Crippen molar-refractivity contribution in [2.45, 2.75) is 19.9 Å². The van der Waals surface area contributed by atoms with Crippen LogP contribution in [0.1, 0.15) is 13.8 Å². The second kappa shape index (κ2) is 2.75. The van der Waals surface area contributed by atoms with Gasteiger partial charge in [0, 0.05) is 0 Å². The van der Waals surface area contributed by atoms with E-state index in [4.69, 9.17) is 5.73 Å². The fraction of sp³-hybridized carbons (Fsp3) is 0.600. The monoisotopic (exact) mass is 100 g/mol. The van der Waals surface area contributed by atoms with E-state index >= 15 is 0 Å². The van der Waals surface area contributed by atoms with E-state index in [1.54, 1.807) is 0 Å². The van der Waals surface area contributed by atoms with Crippen LogP contribution in [-0.4, -0.2) is 12.3 Å². The molecule has 0 heterocycles. The van der Waals surface area contributed by atoms with Crippen molar-refractivity contribution in [3.05, 3.63) is 5.92 Å². The largest absolute Gasteiger partial charge is 0.321 e. The molecular formula is C5H10NO. The third-order valence-corrected chi connectivity index (χ3v) is 0.813. The number of aldehydes is 1. The molecule has 0 saturated heterocycles. The standard InChI is InChI=1S/C5H10NO/c1-4(2)5(6)3-7/h3,5H,6H2,1-2H3. The van der Waals surface area contributed by atoms with Crippen molar-refractivity contribution in [2.75, 3.05) is 0 Å². The molecule has 1 radical (unpaired) electrons. The summed E-state index contributed by atoms with van der Waals surface area (Å²) in [6.45, 7) is 3.66. The summed E-state index contributed by atoms with van der Waals surface area (Å²) in [5.74, 6) is 0.954. The van der Waals surface area contributed by atoms with Crippen LogP contribution in [-0.2, 0) is 4.79 Å². The van der Waals surface area contributed by atoms with Gasteiger partial charge < -0.3 is 10.5 Å². The van der Waals surface area contributed by atoms with Crippen molar-refractivity contribution in [1.82, 2.24) is 0 Å². The fourth-order valence-electron chi connectivity index (χ4n) is 0.136. The third-order valence-electron chi connectivity index (χ3n) is 0.813. The first-order valence-electron chi connectivity index (χ1n) is 2.19. The Labute approximate surface area is 43.7 Å². The highest BCUT2D eigenvalue weighted by molar-refractivity contribution is 5.60. The summed E-state index contributed by atoms with van der Waals surface area (Å²) in [5, 5.41) is 0. The molecule has 2 nitrogen and oxygen atoms in total. The maximum Gasteiger partial charge on any atom is 0.137 e. The molecule has 0 aliphatic heterocycles. The van der Waals surface area contributed by atoms with E-state index in [-0.39, 0.29) is 6.04 Å². The Bertz CT molecular complexity index is 61.1. The lowest BCUT2D eigenvalue weighted by molar-refractivity contribution is -0.108. The molecule has 7 heavy (non-hydrogen) atoms. The van der Waals surface area contributed by atoms with Crippen LogP contribution in [0.4, 0.5) is 0 Å². The second-order valence-electron chi connectivity index (χ2n) is 1.74. The van der Waals surface area contributed by atoms with Crippen molar-refractivity contribution in [1.29, 1.82) is 0 Å². The quantitative estimate of drug-likeness (QED) is 0.501. The topological polar surface area (TPSA) is 43.1 Å². The molecule has 2 heteroatoms. The minimum atomic E-state index is -0.361. The highest BCUT2D eigenvalue weighted by atomic mass is 16.1. The highest BCUT2D eigenvalue weighted by Gasteiger charge is 2.03. The van der Waals surface area contributed by atoms with Gasteiger partial charge >= 0.3 is 0 Å². The van der Waals surface area contributed by atoms with Gasteiger partial charge in [0.1, 0.15) is 6.29 Å². The molecule has 0 spiro atoms. The predicted molar refractivity (Wildman–Crippen MR) is 28.6 cm³/mol. The SMILES string of the molecule is C[C](C)C(N)C=O. The molecule has 0 aromatic carbocycles. The summed E-state index contributed by atoms with van der Waals surface area (Å²) in [6.07, 6.45) is 0.731. The normalized spacial score (nSPS) is 14.3. The van der Waals surface area contributed by atoms with Crippen molar-refractivity contribution >= 4 is 6.29 Å². The van der Waals surface area contributed by atoms with Crippen LogP contribution in [0.5, 0.6) is 0 Å². The smallest absolute Gasteiger partial charge is 0.137 e. The molecule has 0 aromatic heterocycles. The first-order chi connectivity index (χ1) is 3.18. The zero-order valence-corrected chi connectivity index (χ0v) is 4.64. The minimum Gasteiger partial charge on any atom is -0.321 e. The number of hydrogen-bond acceptors (Lipinski definition) is 2. The van der Waals surface area contributed by atoms with Crippen LogP contribution in [0.15, 0.2) is 0 Å². The van der Waals surface area contributed by atoms with Gasteiger partial charge in [-0.1, -0.05) is 13.8 Å². The summed E-state index contributed by atoms with van der Waals surface area (Å²) < 4.78 is 0. The first kappa shape index (κ1) is 6.63. The fourth-order valence-corrected chi connectivity index (χ4v) is 0.136. The van der Waals surface area contributed by atoms with Gasteiger partial charge in [-0.05, 0) is 5.92 Å². The Morgan fingerprint density at radius 2 is 2.14 bits per heavy atom. The van der Waals surface area contributed by atoms with Gasteiger partial charge in [-0.15, -0.1) is 0 Å². The first-order valence-corrected chi connectivity index (χ1v) is 2.19. The lowest BCUT2D eigenvalue weighted by atomic mass is 10.1. The molecule has 0 amide bonds. The molecule has 2 N–H and O–H groups in total. The minimum absolute atomic E-state index is 0.361. The Balaban J connectivity index is 3.33. The Kier molecular flexibility index (Phi) is 2.60. The van der Waals surface area contributed by atoms with Gasteiger partial charge in [0.2, 0.25) is 0 Å². The predicted octanol–water partition coefficient (Wildman–Crippen LogP) is 0.127. The summed E-state index contributed by atoms with van der Waals surface area (Å²) in [7, 11) is 0. The van der Waals surface area contributed by atoms with E-state index in [2.05, 4.69) is 0 Å². The maximum atomic E-state index is 9.80. The number of nitrogens with two attached hydrogens (primary N) is 1. The molecule has 0 aromatic rings. The van der Waals surface area contributed by atoms with Crippen molar-refractivity contribution in [3.8, 4) is 0 Å². The molecular weight excluding hydrogens is 90.1 g/mol. The van der Waals surface area contributed by atoms with E-state index in [9.17, 15) is 4.79 Å². The summed E-state index contributed by atoms with van der Waals surface area (Å²) in [6, 6.07) is -0.361.